The standard InChI is InChI=1S/C14H28N2O/c1-3-8-15-13-6-9-16(10-7-13)11-14-5-4-12(2)17-14/h12-15H,3-11H2,1-2H3. The maximum atomic E-state index is 5.90. The van der Waals surface area contributed by atoms with Gasteiger partial charge in [-0.1, -0.05) is 6.92 Å². The molecule has 17 heavy (non-hydrogen) atoms. The van der Waals surface area contributed by atoms with Crippen LogP contribution >= 0.6 is 0 Å². The predicted molar refractivity (Wildman–Crippen MR) is 71.3 cm³/mol. The SMILES string of the molecule is CCCNC1CCN(CC2CCC(C)O2)CC1. The third kappa shape index (κ3) is 4.23. The molecular weight excluding hydrogens is 212 g/mol. The molecule has 0 bridgehead atoms. The number of hydrogen-bond acceptors (Lipinski definition) is 3. The van der Waals surface area contributed by atoms with Crippen molar-refractivity contribution in [1.29, 1.82) is 0 Å². The van der Waals surface area contributed by atoms with Crippen molar-refractivity contribution in [2.45, 2.75) is 64.2 Å². The summed E-state index contributed by atoms with van der Waals surface area (Å²) >= 11 is 0. The minimum Gasteiger partial charge on any atom is -0.374 e. The van der Waals surface area contributed by atoms with Gasteiger partial charge in [0, 0.05) is 12.6 Å². The molecule has 2 saturated heterocycles. The second-order valence-corrected chi connectivity index (χ2v) is 5.68. The molecule has 0 aromatic carbocycles. The topological polar surface area (TPSA) is 24.5 Å². The second-order valence-electron chi connectivity index (χ2n) is 5.68. The lowest BCUT2D eigenvalue weighted by Crippen LogP contribution is -2.45. The quantitative estimate of drug-likeness (QED) is 0.795. The Bertz CT molecular complexity index is 214. The second kappa shape index (κ2) is 6.72. The van der Waals surface area contributed by atoms with Crippen molar-refractivity contribution in [2.75, 3.05) is 26.2 Å². The molecular formula is C14H28N2O. The van der Waals surface area contributed by atoms with Crippen molar-refractivity contribution in [3.63, 3.8) is 0 Å². The Hall–Kier alpha value is -0.120. The minimum absolute atomic E-state index is 0.490. The van der Waals surface area contributed by atoms with Crippen LogP contribution in [-0.4, -0.2) is 49.3 Å². The lowest BCUT2D eigenvalue weighted by atomic mass is 10.0. The third-order valence-corrected chi connectivity index (χ3v) is 4.05. The van der Waals surface area contributed by atoms with E-state index in [1.165, 1.54) is 51.7 Å². The molecule has 0 radical (unpaired) electrons. The Balaban J connectivity index is 1.62. The van der Waals surface area contributed by atoms with E-state index in [9.17, 15) is 0 Å². The molecule has 0 aromatic heterocycles. The first-order valence-electron chi connectivity index (χ1n) is 7.39. The van der Waals surface area contributed by atoms with Crippen LogP contribution < -0.4 is 5.32 Å². The van der Waals surface area contributed by atoms with E-state index in [0.29, 0.717) is 12.2 Å². The molecule has 0 amide bonds. The van der Waals surface area contributed by atoms with Crippen LogP contribution in [0.5, 0.6) is 0 Å². The van der Waals surface area contributed by atoms with Gasteiger partial charge in [-0.25, -0.2) is 0 Å². The zero-order valence-electron chi connectivity index (χ0n) is 11.5. The largest absolute Gasteiger partial charge is 0.374 e. The highest BCUT2D eigenvalue weighted by Crippen LogP contribution is 2.21. The Morgan fingerprint density at radius 1 is 1.18 bits per heavy atom. The van der Waals surface area contributed by atoms with E-state index in [4.69, 9.17) is 4.74 Å². The highest BCUT2D eigenvalue weighted by molar-refractivity contribution is 4.80. The Morgan fingerprint density at radius 3 is 2.53 bits per heavy atom. The van der Waals surface area contributed by atoms with Crippen molar-refractivity contribution in [1.82, 2.24) is 10.2 Å². The van der Waals surface area contributed by atoms with Gasteiger partial charge < -0.3 is 15.0 Å². The molecule has 3 heteroatoms. The monoisotopic (exact) mass is 240 g/mol. The van der Waals surface area contributed by atoms with Crippen LogP contribution in [0.3, 0.4) is 0 Å². The van der Waals surface area contributed by atoms with Gasteiger partial charge in [0.2, 0.25) is 0 Å². The highest BCUT2D eigenvalue weighted by Gasteiger charge is 2.26. The van der Waals surface area contributed by atoms with Gasteiger partial charge >= 0.3 is 0 Å². The van der Waals surface area contributed by atoms with Gasteiger partial charge in [-0.3, -0.25) is 0 Å². The molecule has 0 saturated carbocycles. The first kappa shape index (κ1) is 13.3. The molecule has 3 nitrogen and oxygen atoms in total. The summed E-state index contributed by atoms with van der Waals surface area (Å²) < 4.78 is 5.90. The van der Waals surface area contributed by atoms with Crippen molar-refractivity contribution in [3.05, 3.63) is 0 Å². The van der Waals surface area contributed by atoms with Crippen LogP contribution in [0.15, 0.2) is 0 Å². The fourth-order valence-electron chi connectivity index (χ4n) is 2.98. The van der Waals surface area contributed by atoms with E-state index in [1.54, 1.807) is 0 Å². The summed E-state index contributed by atoms with van der Waals surface area (Å²) in [6.07, 6.45) is 7.36. The molecule has 0 spiro atoms. The molecule has 2 unspecified atom stereocenters. The first-order valence-corrected chi connectivity index (χ1v) is 7.39. The van der Waals surface area contributed by atoms with E-state index in [-0.39, 0.29) is 0 Å². The molecule has 100 valence electrons. The summed E-state index contributed by atoms with van der Waals surface area (Å²) in [5.41, 5.74) is 0. The molecule has 2 aliphatic rings. The maximum absolute atomic E-state index is 5.90. The lowest BCUT2D eigenvalue weighted by molar-refractivity contribution is 0.0255. The molecule has 2 fully saturated rings. The van der Waals surface area contributed by atoms with E-state index >= 15 is 0 Å². The van der Waals surface area contributed by atoms with Crippen LogP contribution in [0.1, 0.15) is 46.0 Å². The van der Waals surface area contributed by atoms with E-state index in [0.717, 1.165) is 12.6 Å². The van der Waals surface area contributed by atoms with Crippen molar-refractivity contribution < 1.29 is 4.74 Å². The van der Waals surface area contributed by atoms with Crippen LogP contribution in [0, 0.1) is 0 Å². The third-order valence-electron chi connectivity index (χ3n) is 4.05. The summed E-state index contributed by atoms with van der Waals surface area (Å²) in [6, 6.07) is 0.759. The van der Waals surface area contributed by atoms with E-state index in [1.807, 2.05) is 0 Å². The average Bonchev–Trinajstić information content (AvgIpc) is 2.74. The number of hydrogen-bond donors (Lipinski definition) is 1. The number of nitrogens with one attached hydrogen (secondary N) is 1. The van der Waals surface area contributed by atoms with Gasteiger partial charge in [-0.2, -0.15) is 0 Å². The molecule has 2 rings (SSSR count). The van der Waals surface area contributed by atoms with E-state index in [2.05, 4.69) is 24.1 Å². The minimum atomic E-state index is 0.490. The number of likely N-dealkylation sites (tertiary alicyclic amines) is 1. The van der Waals surface area contributed by atoms with Gasteiger partial charge in [-0.15, -0.1) is 0 Å². The zero-order chi connectivity index (χ0) is 12.1. The fourth-order valence-corrected chi connectivity index (χ4v) is 2.98. The summed E-state index contributed by atoms with van der Waals surface area (Å²) in [5, 5.41) is 3.63. The van der Waals surface area contributed by atoms with E-state index < -0.39 is 0 Å². The van der Waals surface area contributed by atoms with Crippen molar-refractivity contribution in [3.8, 4) is 0 Å². The average molecular weight is 240 g/mol. The first-order chi connectivity index (χ1) is 8.28. The van der Waals surface area contributed by atoms with Crippen molar-refractivity contribution in [2.24, 2.45) is 0 Å². The summed E-state index contributed by atoms with van der Waals surface area (Å²) in [5.74, 6) is 0. The molecule has 2 aliphatic heterocycles. The molecule has 1 N–H and O–H groups in total. The number of rotatable bonds is 5. The number of piperidine rings is 1. The predicted octanol–water partition coefficient (Wildman–Crippen LogP) is 2.02. The summed E-state index contributed by atoms with van der Waals surface area (Å²) in [7, 11) is 0. The Labute approximate surface area is 106 Å². The molecule has 2 heterocycles. The normalized spacial score (nSPS) is 32.1. The molecule has 0 aliphatic carbocycles. The Morgan fingerprint density at radius 2 is 1.94 bits per heavy atom. The van der Waals surface area contributed by atoms with Gasteiger partial charge in [0.1, 0.15) is 0 Å². The molecule has 0 aromatic rings. The summed E-state index contributed by atoms with van der Waals surface area (Å²) in [4.78, 5) is 2.59. The maximum Gasteiger partial charge on any atom is 0.0706 e. The number of ether oxygens (including phenoxy) is 1. The van der Waals surface area contributed by atoms with Gasteiger partial charge in [-0.05, 0) is 58.7 Å². The fraction of sp³-hybridized carbons (Fsp3) is 1.00. The summed E-state index contributed by atoms with van der Waals surface area (Å²) in [6.45, 7) is 9.26. The zero-order valence-corrected chi connectivity index (χ0v) is 11.5. The van der Waals surface area contributed by atoms with Crippen LogP contribution in [0.2, 0.25) is 0 Å². The van der Waals surface area contributed by atoms with Crippen LogP contribution in [0.4, 0.5) is 0 Å². The van der Waals surface area contributed by atoms with Crippen LogP contribution in [0.25, 0.3) is 0 Å². The van der Waals surface area contributed by atoms with Gasteiger partial charge in [0.15, 0.2) is 0 Å². The molecule has 2 atom stereocenters. The number of nitrogens with zero attached hydrogens (tertiary/aromatic N) is 1. The smallest absolute Gasteiger partial charge is 0.0706 e. The Kier molecular flexibility index (Phi) is 5.26. The highest BCUT2D eigenvalue weighted by atomic mass is 16.5. The lowest BCUT2D eigenvalue weighted by Gasteiger charge is -2.33. The van der Waals surface area contributed by atoms with Crippen molar-refractivity contribution >= 4 is 0 Å². The van der Waals surface area contributed by atoms with Gasteiger partial charge in [0.05, 0.1) is 12.2 Å². The van der Waals surface area contributed by atoms with Gasteiger partial charge in [0.25, 0.3) is 0 Å². The van der Waals surface area contributed by atoms with Crippen LogP contribution in [-0.2, 0) is 4.74 Å².